The number of carbonyl (C=O) groups is 1. The van der Waals surface area contributed by atoms with Gasteiger partial charge in [-0.25, -0.2) is 18.2 Å². The van der Waals surface area contributed by atoms with Crippen molar-refractivity contribution in [2.45, 2.75) is 52.4 Å². The third-order valence-electron chi connectivity index (χ3n) is 6.81. The maximum Gasteiger partial charge on any atom is 0.251 e. The van der Waals surface area contributed by atoms with E-state index >= 15 is 0 Å². The van der Waals surface area contributed by atoms with Gasteiger partial charge in [-0.05, 0) is 36.1 Å². The van der Waals surface area contributed by atoms with Gasteiger partial charge in [0.25, 0.3) is 5.91 Å². The fraction of sp³-hybridized carbons (Fsp3) is 0.448. The Morgan fingerprint density at radius 3 is 2.50 bits per heavy atom. The van der Waals surface area contributed by atoms with Crippen LogP contribution in [0, 0.1) is 23.0 Å². The molecule has 0 bridgehead atoms. The number of aliphatic hydroxyl groups excluding tert-OH is 1. The number of aliphatic hydroxyl groups is 1. The minimum atomic E-state index is -1.30. The van der Waals surface area contributed by atoms with Crippen LogP contribution in [0.25, 0.3) is 10.6 Å². The molecule has 204 valence electrons. The summed E-state index contributed by atoms with van der Waals surface area (Å²) in [6, 6.07) is 12.3. The Kier molecular flexibility index (Phi) is 8.59. The molecule has 1 fully saturated rings. The number of nitrogens with zero attached hydrogens (tertiary/aromatic N) is 2. The molecule has 4 atom stereocenters. The molecule has 1 aliphatic heterocycles. The van der Waals surface area contributed by atoms with Gasteiger partial charge in [0, 0.05) is 42.4 Å². The summed E-state index contributed by atoms with van der Waals surface area (Å²) >= 11 is 1.25. The molecular weight excluding hydrogens is 511 g/mol. The number of carbonyl (C=O) groups excluding carboxylic acids is 1. The van der Waals surface area contributed by atoms with E-state index in [4.69, 9.17) is 4.98 Å². The SMILES string of the molecule is CC(O)C(=O)N(C[C@@H]1CNC[C@@H]1F)[C@@H](c1nc(-c2cc(F)ccc2F)sc1Cc1ccccc1)C(C)(C)C. The molecule has 4 rings (SSSR count). The van der Waals surface area contributed by atoms with Gasteiger partial charge in [0.15, 0.2) is 0 Å². The highest BCUT2D eigenvalue weighted by Crippen LogP contribution is 2.44. The standard InChI is InChI=1S/C29H34F3N3O2S/c1-17(36)28(37)35(16-19-14-33-15-23(19)32)26(29(2,3)4)25-24(12-18-8-6-5-7-9-18)38-27(34-25)21-13-20(30)10-11-22(21)31/h5-11,13,17,19,23,26,33,36H,12,14-16H2,1-4H3/t17?,19-,23-,26-/m0/s1. The summed E-state index contributed by atoms with van der Waals surface area (Å²) in [5.74, 6) is -2.15. The number of hydrogen-bond acceptors (Lipinski definition) is 5. The highest BCUT2D eigenvalue weighted by molar-refractivity contribution is 7.15. The first kappa shape index (κ1) is 28.3. The fourth-order valence-corrected chi connectivity index (χ4v) is 6.13. The van der Waals surface area contributed by atoms with Gasteiger partial charge < -0.3 is 15.3 Å². The molecule has 0 aliphatic carbocycles. The molecule has 0 radical (unpaired) electrons. The van der Waals surface area contributed by atoms with Crippen molar-refractivity contribution < 1.29 is 23.1 Å². The van der Waals surface area contributed by atoms with Crippen LogP contribution in [-0.4, -0.2) is 52.8 Å². The van der Waals surface area contributed by atoms with Gasteiger partial charge in [0.05, 0.1) is 11.7 Å². The van der Waals surface area contributed by atoms with E-state index in [1.54, 1.807) is 0 Å². The summed E-state index contributed by atoms with van der Waals surface area (Å²) in [6.07, 6.45) is -1.97. The molecule has 1 aromatic heterocycles. The number of alkyl halides is 1. The molecule has 1 saturated heterocycles. The lowest BCUT2D eigenvalue weighted by Gasteiger charge is -2.41. The van der Waals surface area contributed by atoms with Gasteiger partial charge >= 0.3 is 0 Å². The number of thiazole rings is 1. The Morgan fingerprint density at radius 1 is 1.18 bits per heavy atom. The molecule has 5 nitrogen and oxygen atoms in total. The largest absolute Gasteiger partial charge is 0.384 e. The van der Waals surface area contributed by atoms with Crippen LogP contribution in [0.2, 0.25) is 0 Å². The van der Waals surface area contributed by atoms with Gasteiger partial charge in [-0.2, -0.15) is 0 Å². The van der Waals surface area contributed by atoms with Gasteiger partial charge in [-0.15, -0.1) is 11.3 Å². The molecule has 38 heavy (non-hydrogen) atoms. The second-order valence-electron chi connectivity index (χ2n) is 11.0. The van der Waals surface area contributed by atoms with E-state index in [2.05, 4.69) is 5.32 Å². The van der Waals surface area contributed by atoms with Gasteiger partial charge in [0.1, 0.15) is 28.9 Å². The molecule has 2 N–H and O–H groups in total. The Balaban J connectivity index is 1.88. The number of nitrogens with one attached hydrogen (secondary N) is 1. The summed E-state index contributed by atoms with van der Waals surface area (Å²) in [6.45, 7) is 7.96. The number of hydrogen-bond donors (Lipinski definition) is 2. The lowest BCUT2D eigenvalue weighted by atomic mass is 9.81. The lowest BCUT2D eigenvalue weighted by molar-refractivity contribution is -0.145. The predicted octanol–water partition coefficient (Wildman–Crippen LogP) is 5.53. The Morgan fingerprint density at radius 2 is 1.89 bits per heavy atom. The topological polar surface area (TPSA) is 65.5 Å². The van der Waals surface area contributed by atoms with Crippen LogP contribution in [-0.2, 0) is 11.2 Å². The van der Waals surface area contributed by atoms with E-state index in [0.717, 1.165) is 28.6 Å². The number of halogens is 3. The number of aromatic nitrogens is 1. The highest BCUT2D eigenvalue weighted by atomic mass is 32.1. The predicted molar refractivity (Wildman–Crippen MR) is 144 cm³/mol. The summed E-state index contributed by atoms with van der Waals surface area (Å²) in [5.41, 5.74) is 0.994. The van der Waals surface area contributed by atoms with E-state index in [1.165, 1.54) is 23.2 Å². The van der Waals surface area contributed by atoms with Crippen LogP contribution < -0.4 is 5.32 Å². The van der Waals surface area contributed by atoms with E-state index in [-0.39, 0.29) is 18.7 Å². The normalized spacial score (nSPS) is 19.4. The molecule has 0 saturated carbocycles. The first-order valence-electron chi connectivity index (χ1n) is 12.8. The van der Waals surface area contributed by atoms with Crippen molar-refractivity contribution in [1.29, 1.82) is 0 Å². The fourth-order valence-electron chi connectivity index (χ4n) is 4.98. The van der Waals surface area contributed by atoms with Crippen molar-refractivity contribution in [1.82, 2.24) is 15.2 Å². The summed E-state index contributed by atoms with van der Waals surface area (Å²) in [4.78, 5) is 20.6. The van der Waals surface area contributed by atoms with E-state index in [1.807, 2.05) is 51.1 Å². The molecule has 1 aliphatic rings. The molecule has 2 heterocycles. The van der Waals surface area contributed by atoms with Crippen molar-refractivity contribution in [3.05, 3.63) is 76.3 Å². The quantitative estimate of drug-likeness (QED) is 0.391. The zero-order valence-electron chi connectivity index (χ0n) is 22.0. The van der Waals surface area contributed by atoms with Crippen molar-refractivity contribution in [3.63, 3.8) is 0 Å². The molecule has 1 amide bonds. The number of benzene rings is 2. The Hall–Kier alpha value is -2.75. The van der Waals surface area contributed by atoms with Crippen molar-refractivity contribution in [3.8, 4) is 10.6 Å². The van der Waals surface area contributed by atoms with Crippen LogP contribution in [0.3, 0.4) is 0 Å². The number of amides is 1. The zero-order chi connectivity index (χ0) is 27.6. The minimum absolute atomic E-state index is 0.0421. The first-order chi connectivity index (χ1) is 18.0. The minimum Gasteiger partial charge on any atom is -0.384 e. The molecule has 1 unspecified atom stereocenters. The zero-order valence-corrected chi connectivity index (χ0v) is 22.9. The third kappa shape index (κ3) is 6.27. The average molecular weight is 546 g/mol. The molecule has 9 heteroatoms. The highest BCUT2D eigenvalue weighted by Gasteiger charge is 2.42. The molecule has 0 spiro atoms. The summed E-state index contributed by atoms with van der Waals surface area (Å²) < 4.78 is 43.6. The van der Waals surface area contributed by atoms with Crippen molar-refractivity contribution in [2.75, 3.05) is 19.6 Å². The van der Waals surface area contributed by atoms with Gasteiger partial charge in [-0.1, -0.05) is 51.1 Å². The summed E-state index contributed by atoms with van der Waals surface area (Å²) in [7, 11) is 0. The van der Waals surface area contributed by atoms with E-state index < -0.39 is 47.2 Å². The average Bonchev–Trinajstić information content (AvgIpc) is 3.45. The van der Waals surface area contributed by atoms with Gasteiger partial charge in [-0.3, -0.25) is 4.79 Å². The van der Waals surface area contributed by atoms with E-state index in [0.29, 0.717) is 23.7 Å². The van der Waals surface area contributed by atoms with Crippen molar-refractivity contribution >= 4 is 17.2 Å². The lowest BCUT2D eigenvalue weighted by Crippen LogP contribution is -2.48. The molecule has 3 aromatic rings. The Bertz CT molecular complexity index is 1260. The monoisotopic (exact) mass is 545 g/mol. The van der Waals surface area contributed by atoms with E-state index in [9.17, 15) is 23.1 Å². The second kappa shape index (κ2) is 11.6. The van der Waals surface area contributed by atoms with Crippen molar-refractivity contribution in [2.24, 2.45) is 11.3 Å². The van der Waals surface area contributed by atoms with Gasteiger partial charge in [0.2, 0.25) is 0 Å². The van der Waals surface area contributed by atoms with Crippen LogP contribution in [0.1, 0.15) is 49.9 Å². The van der Waals surface area contributed by atoms with Crippen LogP contribution in [0.4, 0.5) is 13.2 Å². The smallest absolute Gasteiger partial charge is 0.251 e. The maximum absolute atomic E-state index is 14.8. The molecular formula is C29H34F3N3O2S. The summed E-state index contributed by atoms with van der Waals surface area (Å²) in [5, 5.41) is 13.7. The second-order valence-corrected chi connectivity index (χ2v) is 12.1. The molecule has 2 aromatic carbocycles. The van der Waals surface area contributed by atoms with Crippen LogP contribution >= 0.6 is 11.3 Å². The Labute approximate surface area is 225 Å². The first-order valence-corrected chi connectivity index (χ1v) is 13.6. The van der Waals surface area contributed by atoms with Crippen LogP contribution in [0.15, 0.2) is 48.5 Å². The van der Waals surface area contributed by atoms with Crippen LogP contribution in [0.5, 0.6) is 0 Å². The third-order valence-corrected chi connectivity index (χ3v) is 7.92. The number of rotatable bonds is 8. The maximum atomic E-state index is 14.8.